The van der Waals surface area contributed by atoms with E-state index in [-0.39, 0.29) is 17.4 Å². The van der Waals surface area contributed by atoms with E-state index in [1.54, 1.807) is 0 Å². The number of hydrogen-bond acceptors (Lipinski definition) is 4. The smallest absolute Gasteiger partial charge is 0.261 e. The highest BCUT2D eigenvalue weighted by Crippen LogP contribution is 2.32. The molecular weight excluding hydrogens is 366 g/mol. The molecule has 0 bridgehead atoms. The molecule has 1 heterocycles. The standard InChI is InChI=1S/C24H31NO4/c1-6-20(29-19-10-8-18(9-11-19)24(3,4)5)23(26)25-16(2)17-7-12-21-22(15-17)28-14-13-27-21/h7-12,15-16,20H,6,13-14H2,1-5H3,(H,25,26)/t16-,20+/m0/s1. The Hall–Kier alpha value is -2.69. The lowest BCUT2D eigenvalue weighted by atomic mass is 9.87. The summed E-state index contributed by atoms with van der Waals surface area (Å²) in [6.07, 6.45) is 0.0379. The van der Waals surface area contributed by atoms with Crippen molar-refractivity contribution in [2.75, 3.05) is 13.2 Å². The average molecular weight is 398 g/mol. The van der Waals surface area contributed by atoms with Crippen molar-refractivity contribution in [1.29, 1.82) is 0 Å². The maximum absolute atomic E-state index is 12.8. The monoisotopic (exact) mass is 397 g/mol. The molecule has 1 N–H and O–H groups in total. The van der Waals surface area contributed by atoms with Gasteiger partial charge in [-0.25, -0.2) is 0 Å². The van der Waals surface area contributed by atoms with E-state index >= 15 is 0 Å². The van der Waals surface area contributed by atoms with Crippen LogP contribution in [0.3, 0.4) is 0 Å². The molecule has 1 aliphatic heterocycles. The van der Waals surface area contributed by atoms with Crippen molar-refractivity contribution in [2.24, 2.45) is 0 Å². The first-order valence-electron chi connectivity index (χ1n) is 10.2. The Kier molecular flexibility index (Phi) is 6.36. The van der Waals surface area contributed by atoms with Crippen molar-refractivity contribution in [3.63, 3.8) is 0 Å². The molecule has 0 saturated carbocycles. The van der Waals surface area contributed by atoms with E-state index in [0.29, 0.717) is 25.4 Å². The van der Waals surface area contributed by atoms with E-state index in [4.69, 9.17) is 14.2 Å². The van der Waals surface area contributed by atoms with Crippen molar-refractivity contribution in [3.05, 3.63) is 53.6 Å². The molecule has 0 unspecified atom stereocenters. The summed E-state index contributed by atoms with van der Waals surface area (Å²) in [4.78, 5) is 12.8. The fourth-order valence-corrected chi connectivity index (χ4v) is 3.24. The summed E-state index contributed by atoms with van der Waals surface area (Å²) in [5, 5.41) is 3.05. The van der Waals surface area contributed by atoms with Crippen LogP contribution in [0, 0.1) is 0 Å². The summed E-state index contributed by atoms with van der Waals surface area (Å²) in [6, 6.07) is 13.6. The minimum atomic E-state index is -0.546. The molecule has 0 aliphatic carbocycles. The number of amides is 1. The Morgan fingerprint density at radius 2 is 1.72 bits per heavy atom. The number of fused-ring (bicyclic) bond motifs is 1. The Bertz CT molecular complexity index is 839. The van der Waals surface area contributed by atoms with Gasteiger partial charge in [-0.1, -0.05) is 45.9 Å². The molecule has 5 heteroatoms. The topological polar surface area (TPSA) is 56.8 Å². The maximum Gasteiger partial charge on any atom is 0.261 e. The molecule has 2 atom stereocenters. The second-order valence-electron chi connectivity index (χ2n) is 8.42. The number of rotatable bonds is 6. The molecule has 0 fully saturated rings. The minimum Gasteiger partial charge on any atom is -0.486 e. The summed E-state index contributed by atoms with van der Waals surface area (Å²) in [6.45, 7) is 11.5. The van der Waals surface area contributed by atoms with Crippen LogP contribution in [0.2, 0.25) is 0 Å². The van der Waals surface area contributed by atoms with Gasteiger partial charge in [0.1, 0.15) is 19.0 Å². The quantitative estimate of drug-likeness (QED) is 0.761. The summed E-state index contributed by atoms with van der Waals surface area (Å²) in [5.41, 5.74) is 2.28. The molecule has 156 valence electrons. The van der Waals surface area contributed by atoms with Gasteiger partial charge in [0.25, 0.3) is 5.91 Å². The summed E-state index contributed by atoms with van der Waals surface area (Å²) < 4.78 is 17.2. The Morgan fingerprint density at radius 3 is 2.34 bits per heavy atom. The molecule has 2 aromatic rings. The molecular formula is C24H31NO4. The van der Waals surface area contributed by atoms with Gasteiger partial charge in [0.2, 0.25) is 0 Å². The Morgan fingerprint density at radius 1 is 1.07 bits per heavy atom. The van der Waals surface area contributed by atoms with Gasteiger partial charge in [-0.2, -0.15) is 0 Å². The zero-order valence-corrected chi connectivity index (χ0v) is 18.0. The van der Waals surface area contributed by atoms with E-state index in [1.165, 1.54) is 5.56 Å². The van der Waals surface area contributed by atoms with Crippen molar-refractivity contribution in [2.45, 2.75) is 58.6 Å². The molecule has 0 saturated heterocycles. The lowest BCUT2D eigenvalue weighted by Gasteiger charge is -2.23. The number of nitrogens with one attached hydrogen (secondary N) is 1. The highest BCUT2D eigenvalue weighted by atomic mass is 16.6. The normalized spacial score (nSPS) is 15.3. The number of benzene rings is 2. The lowest BCUT2D eigenvalue weighted by Crippen LogP contribution is -2.39. The van der Waals surface area contributed by atoms with Crippen molar-refractivity contribution in [1.82, 2.24) is 5.32 Å². The van der Waals surface area contributed by atoms with Crippen LogP contribution in [-0.4, -0.2) is 25.2 Å². The third kappa shape index (κ3) is 5.22. The van der Waals surface area contributed by atoms with Gasteiger partial charge in [0.15, 0.2) is 17.6 Å². The summed E-state index contributed by atoms with van der Waals surface area (Å²) in [5.74, 6) is 2.03. The van der Waals surface area contributed by atoms with Crippen molar-refractivity contribution >= 4 is 5.91 Å². The summed E-state index contributed by atoms with van der Waals surface area (Å²) >= 11 is 0. The van der Waals surface area contributed by atoms with Gasteiger partial charge in [-0.3, -0.25) is 4.79 Å². The molecule has 0 radical (unpaired) electrons. The molecule has 0 spiro atoms. The molecule has 1 aliphatic rings. The largest absolute Gasteiger partial charge is 0.486 e. The van der Waals surface area contributed by atoms with E-state index in [9.17, 15) is 4.79 Å². The zero-order valence-electron chi connectivity index (χ0n) is 18.0. The van der Waals surface area contributed by atoms with Crippen LogP contribution in [0.1, 0.15) is 58.2 Å². The first-order valence-corrected chi connectivity index (χ1v) is 10.2. The molecule has 0 aromatic heterocycles. The first-order chi connectivity index (χ1) is 13.8. The van der Waals surface area contributed by atoms with Gasteiger partial charge in [0.05, 0.1) is 6.04 Å². The SMILES string of the molecule is CC[C@@H](Oc1ccc(C(C)(C)C)cc1)C(=O)N[C@@H](C)c1ccc2c(c1)OCCO2. The fraction of sp³-hybridized carbons (Fsp3) is 0.458. The molecule has 3 rings (SSSR count). The first kappa shape index (κ1) is 21.0. The molecule has 1 amide bonds. The van der Waals surface area contributed by atoms with Crippen LogP contribution in [0.4, 0.5) is 0 Å². The highest BCUT2D eigenvalue weighted by Gasteiger charge is 2.22. The zero-order chi connectivity index (χ0) is 21.0. The van der Waals surface area contributed by atoms with Gasteiger partial charge >= 0.3 is 0 Å². The second kappa shape index (κ2) is 8.76. The third-order valence-electron chi connectivity index (χ3n) is 5.09. The van der Waals surface area contributed by atoms with Crippen LogP contribution in [-0.2, 0) is 10.2 Å². The van der Waals surface area contributed by atoms with Crippen LogP contribution < -0.4 is 19.5 Å². The maximum atomic E-state index is 12.8. The average Bonchev–Trinajstić information content (AvgIpc) is 2.71. The molecule has 5 nitrogen and oxygen atoms in total. The number of carbonyl (C=O) groups excluding carboxylic acids is 1. The van der Waals surface area contributed by atoms with Gasteiger partial charge in [0, 0.05) is 0 Å². The summed E-state index contributed by atoms with van der Waals surface area (Å²) in [7, 11) is 0. The number of carbonyl (C=O) groups is 1. The van der Waals surface area contributed by atoms with E-state index in [1.807, 2.05) is 44.2 Å². The van der Waals surface area contributed by atoms with Crippen LogP contribution >= 0.6 is 0 Å². The lowest BCUT2D eigenvalue weighted by molar-refractivity contribution is -0.128. The molecule has 29 heavy (non-hydrogen) atoms. The number of hydrogen-bond donors (Lipinski definition) is 1. The Balaban J connectivity index is 1.63. The number of ether oxygens (including phenoxy) is 3. The molecule has 2 aromatic carbocycles. The van der Waals surface area contributed by atoms with Crippen LogP contribution in [0.5, 0.6) is 17.2 Å². The van der Waals surface area contributed by atoms with Crippen molar-refractivity contribution < 1.29 is 19.0 Å². The fourth-order valence-electron chi connectivity index (χ4n) is 3.24. The van der Waals surface area contributed by atoms with Crippen LogP contribution in [0.15, 0.2) is 42.5 Å². The minimum absolute atomic E-state index is 0.0825. The van der Waals surface area contributed by atoms with Gasteiger partial charge in [-0.15, -0.1) is 0 Å². The van der Waals surface area contributed by atoms with Crippen LogP contribution in [0.25, 0.3) is 0 Å². The second-order valence-corrected chi connectivity index (χ2v) is 8.42. The van der Waals surface area contributed by atoms with Gasteiger partial charge < -0.3 is 19.5 Å². The predicted molar refractivity (Wildman–Crippen MR) is 114 cm³/mol. The van der Waals surface area contributed by atoms with E-state index < -0.39 is 6.10 Å². The third-order valence-corrected chi connectivity index (χ3v) is 5.09. The highest BCUT2D eigenvalue weighted by molar-refractivity contribution is 5.81. The Labute approximate surface area is 173 Å². The van der Waals surface area contributed by atoms with E-state index in [0.717, 1.165) is 17.1 Å². The van der Waals surface area contributed by atoms with E-state index in [2.05, 4.69) is 38.2 Å². The predicted octanol–water partition coefficient (Wildman–Crippen LogP) is 4.79. The van der Waals surface area contributed by atoms with Gasteiger partial charge in [-0.05, 0) is 54.2 Å². The van der Waals surface area contributed by atoms with Crippen molar-refractivity contribution in [3.8, 4) is 17.2 Å².